The Bertz CT molecular complexity index is 882. The summed E-state index contributed by atoms with van der Waals surface area (Å²) in [6.45, 7) is 3.39. The Morgan fingerprint density at radius 3 is 2.41 bits per heavy atom. The molecule has 0 aliphatic heterocycles. The van der Waals surface area contributed by atoms with Crippen molar-refractivity contribution in [3.05, 3.63) is 47.5 Å². The maximum Gasteiger partial charge on any atom is 0.416 e. The number of nitrogens with one attached hydrogen (secondary N) is 1. The van der Waals surface area contributed by atoms with Crippen LogP contribution in [0.5, 0.6) is 0 Å². The van der Waals surface area contributed by atoms with E-state index in [1.165, 1.54) is 17.0 Å². The molecule has 0 aliphatic rings. The van der Waals surface area contributed by atoms with Crippen LogP contribution in [0.25, 0.3) is 0 Å². The molecule has 0 saturated heterocycles. The second-order valence-electron chi connectivity index (χ2n) is 7.20. The topological polar surface area (TPSA) is 78.6 Å². The molecule has 178 valence electrons. The lowest BCUT2D eigenvalue weighted by molar-refractivity contribution is -0.137. The van der Waals surface area contributed by atoms with Crippen molar-refractivity contribution in [2.75, 3.05) is 34.2 Å². The quantitative estimate of drug-likeness (QED) is 0.302. The normalized spacial score (nSPS) is 11.7. The van der Waals surface area contributed by atoms with Crippen LogP contribution < -0.4 is 5.32 Å². The van der Waals surface area contributed by atoms with Crippen LogP contribution >= 0.6 is 24.0 Å². The molecule has 0 saturated carbocycles. The number of aromatic nitrogens is 3. The summed E-state index contributed by atoms with van der Waals surface area (Å²) >= 11 is 0. The highest BCUT2D eigenvalue weighted by Gasteiger charge is 2.29. The predicted molar refractivity (Wildman–Crippen MR) is 127 cm³/mol. The summed E-state index contributed by atoms with van der Waals surface area (Å²) in [5.74, 6) is 1.18. The molecule has 0 atom stereocenters. The Hall–Kier alpha value is -2.38. The first-order chi connectivity index (χ1) is 14.6. The van der Waals surface area contributed by atoms with Gasteiger partial charge in [0.1, 0.15) is 18.7 Å². The molecule has 1 aromatic carbocycles. The van der Waals surface area contributed by atoms with Crippen LogP contribution in [0.1, 0.15) is 23.9 Å². The Balaban J connectivity index is 0.00000512. The number of alkyl halides is 3. The van der Waals surface area contributed by atoms with E-state index in [1.54, 1.807) is 32.4 Å². The third-order valence-electron chi connectivity index (χ3n) is 4.57. The van der Waals surface area contributed by atoms with Crippen molar-refractivity contribution in [2.45, 2.75) is 32.6 Å². The van der Waals surface area contributed by atoms with Crippen LogP contribution in [-0.4, -0.2) is 70.7 Å². The molecule has 0 fully saturated rings. The van der Waals surface area contributed by atoms with Crippen molar-refractivity contribution in [1.82, 2.24) is 29.9 Å². The summed E-state index contributed by atoms with van der Waals surface area (Å²) in [6, 6.07) is 4.99. The number of rotatable bonds is 8. The number of aliphatic imine (C=N–C) groups is 1. The number of halogens is 4. The summed E-state index contributed by atoms with van der Waals surface area (Å²) < 4.78 is 40.2. The monoisotopic (exact) mass is 567 g/mol. The van der Waals surface area contributed by atoms with Gasteiger partial charge in [-0.25, -0.2) is 4.99 Å². The summed E-state index contributed by atoms with van der Waals surface area (Å²) in [5, 5.41) is 11.1. The van der Waals surface area contributed by atoms with Crippen LogP contribution in [0.15, 0.2) is 35.6 Å². The third kappa shape index (κ3) is 8.28. The molecule has 2 aromatic rings. The number of nitrogens with zero attached hydrogens (tertiary/aromatic N) is 6. The van der Waals surface area contributed by atoms with Gasteiger partial charge in [-0.05, 0) is 17.7 Å². The van der Waals surface area contributed by atoms with Crippen molar-refractivity contribution >= 4 is 35.8 Å². The van der Waals surface area contributed by atoms with E-state index in [0.717, 1.165) is 24.4 Å². The zero-order chi connectivity index (χ0) is 23.0. The van der Waals surface area contributed by atoms with Gasteiger partial charge in [-0.2, -0.15) is 13.2 Å². The molecule has 0 unspecified atom stereocenters. The molecule has 12 heteroatoms. The first-order valence-electron chi connectivity index (χ1n) is 9.84. The number of benzene rings is 1. The molecule has 0 aliphatic carbocycles. The fourth-order valence-electron chi connectivity index (χ4n) is 2.77. The molecule has 1 N–H and O–H groups in total. The second kappa shape index (κ2) is 12.6. The van der Waals surface area contributed by atoms with Crippen molar-refractivity contribution in [3.63, 3.8) is 0 Å². The van der Waals surface area contributed by atoms with Crippen LogP contribution in [0.3, 0.4) is 0 Å². The molecule has 0 bridgehead atoms. The van der Waals surface area contributed by atoms with Crippen LogP contribution in [-0.2, 0) is 30.5 Å². The minimum Gasteiger partial charge on any atom is -0.354 e. The minimum atomic E-state index is -4.37. The lowest BCUT2D eigenvalue weighted by Crippen LogP contribution is -2.41. The van der Waals surface area contributed by atoms with Gasteiger partial charge in [-0.15, -0.1) is 34.2 Å². The number of carbonyl (C=O) groups is 1. The average Bonchev–Trinajstić information content (AvgIpc) is 3.17. The lowest BCUT2D eigenvalue weighted by Gasteiger charge is -2.23. The fraction of sp³-hybridized carbons (Fsp3) is 0.500. The maximum atomic E-state index is 12.8. The van der Waals surface area contributed by atoms with Gasteiger partial charge in [0, 0.05) is 47.2 Å². The molecule has 1 amide bonds. The number of likely N-dealkylation sites (N-methyl/N-ethyl adjacent to an activating group) is 1. The Kier molecular flexibility index (Phi) is 10.9. The largest absolute Gasteiger partial charge is 0.416 e. The van der Waals surface area contributed by atoms with Gasteiger partial charge in [0.05, 0.1) is 5.56 Å². The number of hydrogen-bond donors (Lipinski definition) is 1. The maximum absolute atomic E-state index is 12.8. The van der Waals surface area contributed by atoms with Gasteiger partial charge in [-0.3, -0.25) is 4.79 Å². The molecule has 2 rings (SSSR count). The standard InChI is InChI=1S/C20H28F3N7O.HI/c1-5-17-27-26-14-30(17)11-10-24-19(25-12-18(31)28(2)3)29(4)13-15-6-8-16(9-7-15)20(21,22)23;/h6-9,14H,5,10-13H2,1-4H3,(H,24,25);1H. The zero-order valence-corrected chi connectivity index (χ0v) is 20.9. The molecule has 32 heavy (non-hydrogen) atoms. The number of guanidine groups is 1. The zero-order valence-electron chi connectivity index (χ0n) is 18.6. The van der Waals surface area contributed by atoms with E-state index < -0.39 is 11.7 Å². The van der Waals surface area contributed by atoms with E-state index in [-0.39, 0.29) is 36.4 Å². The van der Waals surface area contributed by atoms with E-state index in [4.69, 9.17) is 0 Å². The summed E-state index contributed by atoms with van der Waals surface area (Å²) in [4.78, 5) is 19.5. The Labute approximate surface area is 202 Å². The fourth-order valence-corrected chi connectivity index (χ4v) is 2.77. The van der Waals surface area contributed by atoms with Gasteiger partial charge in [0.25, 0.3) is 0 Å². The van der Waals surface area contributed by atoms with E-state index >= 15 is 0 Å². The van der Waals surface area contributed by atoms with Gasteiger partial charge >= 0.3 is 6.18 Å². The Morgan fingerprint density at radius 1 is 1.19 bits per heavy atom. The van der Waals surface area contributed by atoms with E-state index in [9.17, 15) is 18.0 Å². The van der Waals surface area contributed by atoms with Crippen LogP contribution in [0.4, 0.5) is 13.2 Å². The summed E-state index contributed by atoms with van der Waals surface area (Å²) in [6.07, 6.45) is -1.96. The van der Waals surface area contributed by atoms with Crippen molar-refractivity contribution < 1.29 is 18.0 Å². The summed E-state index contributed by atoms with van der Waals surface area (Å²) in [5.41, 5.74) is -0.000756. The van der Waals surface area contributed by atoms with Crippen LogP contribution in [0.2, 0.25) is 0 Å². The van der Waals surface area contributed by atoms with E-state index in [2.05, 4.69) is 20.5 Å². The Morgan fingerprint density at radius 2 is 1.84 bits per heavy atom. The van der Waals surface area contributed by atoms with Gasteiger partial charge in [0.2, 0.25) is 5.91 Å². The molecule has 0 spiro atoms. The molecular weight excluding hydrogens is 538 g/mol. The van der Waals surface area contributed by atoms with Crippen molar-refractivity contribution in [1.29, 1.82) is 0 Å². The van der Waals surface area contributed by atoms with Crippen molar-refractivity contribution in [3.8, 4) is 0 Å². The van der Waals surface area contributed by atoms with Gasteiger partial charge in [0.15, 0.2) is 5.96 Å². The van der Waals surface area contributed by atoms with Gasteiger partial charge in [-0.1, -0.05) is 19.1 Å². The third-order valence-corrected chi connectivity index (χ3v) is 4.57. The lowest BCUT2D eigenvalue weighted by atomic mass is 10.1. The highest BCUT2D eigenvalue weighted by Crippen LogP contribution is 2.29. The first-order valence-corrected chi connectivity index (χ1v) is 9.84. The second-order valence-corrected chi connectivity index (χ2v) is 7.20. The number of amides is 1. The minimum absolute atomic E-state index is 0. The average molecular weight is 567 g/mol. The number of carbonyl (C=O) groups excluding carboxylic acids is 1. The number of aryl methyl sites for hydroxylation is 1. The molecular formula is C20H29F3IN7O. The highest BCUT2D eigenvalue weighted by atomic mass is 127. The number of hydrogen-bond acceptors (Lipinski definition) is 4. The van der Waals surface area contributed by atoms with E-state index in [1.807, 2.05) is 11.5 Å². The summed E-state index contributed by atoms with van der Waals surface area (Å²) in [7, 11) is 5.06. The molecule has 1 aromatic heterocycles. The molecule has 8 nitrogen and oxygen atoms in total. The highest BCUT2D eigenvalue weighted by molar-refractivity contribution is 14.0. The SMILES string of the molecule is CCc1nncn1CCNC(=NCC(=O)N(C)C)N(C)Cc1ccc(C(F)(F)F)cc1.I. The van der Waals surface area contributed by atoms with Crippen LogP contribution in [0, 0.1) is 0 Å². The predicted octanol–water partition coefficient (Wildman–Crippen LogP) is 2.64. The van der Waals surface area contributed by atoms with Gasteiger partial charge < -0.3 is 19.7 Å². The molecule has 0 radical (unpaired) electrons. The first kappa shape index (κ1) is 27.7. The van der Waals surface area contributed by atoms with Crippen molar-refractivity contribution in [2.24, 2.45) is 4.99 Å². The van der Waals surface area contributed by atoms with E-state index in [0.29, 0.717) is 31.2 Å². The molecule has 1 heterocycles. The smallest absolute Gasteiger partial charge is 0.354 e.